The smallest absolute Gasteiger partial charge is 0.308 e. The van der Waals surface area contributed by atoms with E-state index in [2.05, 4.69) is 22.7 Å². The fraction of sp³-hybridized carbons (Fsp3) is 0.182. The molecule has 1 aromatic carbocycles. The molecular weight excluding hydrogens is 254 g/mol. The molecule has 0 unspecified atom stereocenters. The van der Waals surface area contributed by atoms with Crippen LogP contribution in [0.5, 0.6) is 11.5 Å². The zero-order valence-electron chi connectivity index (χ0n) is 9.97. The number of esters is 1. The van der Waals surface area contributed by atoms with E-state index in [0.29, 0.717) is 11.5 Å². The van der Waals surface area contributed by atoms with Crippen molar-refractivity contribution in [3.05, 3.63) is 23.8 Å². The van der Waals surface area contributed by atoms with Crippen LogP contribution in [0.4, 0.5) is 0 Å². The van der Waals surface area contributed by atoms with Crippen LogP contribution in [0.15, 0.2) is 23.3 Å². The summed E-state index contributed by atoms with van der Waals surface area (Å²) < 4.78 is 10.1. The summed E-state index contributed by atoms with van der Waals surface area (Å²) in [7, 11) is 1.48. The number of methoxy groups -OCH3 is 1. The van der Waals surface area contributed by atoms with E-state index in [1.54, 1.807) is 18.2 Å². The highest BCUT2D eigenvalue weighted by molar-refractivity contribution is 7.80. The minimum atomic E-state index is -0.412. The molecule has 0 heterocycles. The Kier molecular flexibility index (Phi) is 5.06. The van der Waals surface area contributed by atoms with Gasteiger partial charge in [-0.1, -0.05) is 0 Å². The van der Waals surface area contributed by atoms with Gasteiger partial charge in [0.05, 0.1) is 13.3 Å². The lowest BCUT2D eigenvalue weighted by Crippen LogP contribution is -2.23. The van der Waals surface area contributed by atoms with E-state index < -0.39 is 5.97 Å². The molecule has 1 rings (SSSR count). The Bertz CT molecular complexity index is 488. The van der Waals surface area contributed by atoms with Gasteiger partial charge in [-0.15, -0.1) is 0 Å². The number of carbonyl (C=O) groups is 1. The number of hydrazone groups is 1. The van der Waals surface area contributed by atoms with Crippen LogP contribution in [0.2, 0.25) is 0 Å². The summed E-state index contributed by atoms with van der Waals surface area (Å²) in [5.74, 6) is 0.374. The van der Waals surface area contributed by atoms with Crippen LogP contribution in [0, 0.1) is 0 Å². The van der Waals surface area contributed by atoms with Gasteiger partial charge in [0.1, 0.15) is 0 Å². The molecule has 18 heavy (non-hydrogen) atoms. The molecule has 96 valence electrons. The van der Waals surface area contributed by atoms with Crippen molar-refractivity contribution in [3.63, 3.8) is 0 Å². The number of carbonyl (C=O) groups excluding carboxylic acids is 1. The van der Waals surface area contributed by atoms with Gasteiger partial charge in [-0.3, -0.25) is 10.2 Å². The lowest BCUT2D eigenvalue weighted by atomic mass is 10.2. The summed E-state index contributed by atoms with van der Waals surface area (Å²) in [6.45, 7) is 1.32. The second kappa shape index (κ2) is 6.55. The summed E-state index contributed by atoms with van der Waals surface area (Å²) in [5.41, 5.74) is 8.39. The van der Waals surface area contributed by atoms with Crippen molar-refractivity contribution in [2.45, 2.75) is 6.92 Å². The topological polar surface area (TPSA) is 85.9 Å². The molecule has 1 aromatic rings. The monoisotopic (exact) mass is 267 g/mol. The zero-order valence-corrected chi connectivity index (χ0v) is 10.8. The Morgan fingerprint density at radius 1 is 1.50 bits per heavy atom. The van der Waals surface area contributed by atoms with Gasteiger partial charge in [0.15, 0.2) is 16.6 Å². The van der Waals surface area contributed by atoms with Gasteiger partial charge in [0.2, 0.25) is 0 Å². The Morgan fingerprint density at radius 2 is 2.22 bits per heavy atom. The Hall–Kier alpha value is -2.15. The highest BCUT2D eigenvalue weighted by atomic mass is 32.1. The molecule has 0 aliphatic carbocycles. The van der Waals surface area contributed by atoms with Crippen molar-refractivity contribution in [2.24, 2.45) is 10.8 Å². The molecule has 0 bridgehead atoms. The van der Waals surface area contributed by atoms with E-state index in [0.717, 1.165) is 5.56 Å². The predicted molar refractivity (Wildman–Crippen MR) is 71.8 cm³/mol. The first-order chi connectivity index (χ1) is 8.52. The molecule has 0 fully saturated rings. The molecule has 7 heteroatoms. The molecule has 0 aliphatic heterocycles. The van der Waals surface area contributed by atoms with Crippen LogP contribution in [-0.4, -0.2) is 24.4 Å². The molecule has 0 radical (unpaired) electrons. The quantitative estimate of drug-likeness (QED) is 0.276. The molecule has 3 N–H and O–H groups in total. The number of nitrogens with two attached hydrogens (primary N) is 1. The normalized spacial score (nSPS) is 10.1. The van der Waals surface area contributed by atoms with Crippen LogP contribution < -0.4 is 20.6 Å². The second-order valence-corrected chi connectivity index (χ2v) is 3.68. The zero-order chi connectivity index (χ0) is 13.5. The Labute approximate surface area is 110 Å². The number of benzene rings is 1. The fourth-order valence-electron chi connectivity index (χ4n) is 1.17. The summed E-state index contributed by atoms with van der Waals surface area (Å²) in [4.78, 5) is 10.9. The van der Waals surface area contributed by atoms with E-state index in [4.69, 9.17) is 15.2 Å². The molecule has 0 saturated carbocycles. The van der Waals surface area contributed by atoms with Gasteiger partial charge in [-0.2, -0.15) is 5.10 Å². The van der Waals surface area contributed by atoms with Crippen molar-refractivity contribution >= 4 is 29.5 Å². The summed E-state index contributed by atoms with van der Waals surface area (Å²) in [6.07, 6.45) is 1.51. The number of hydrogen-bond donors (Lipinski definition) is 2. The number of rotatable bonds is 4. The summed E-state index contributed by atoms with van der Waals surface area (Å²) in [5, 5.41) is 3.88. The van der Waals surface area contributed by atoms with Gasteiger partial charge in [0, 0.05) is 6.92 Å². The van der Waals surface area contributed by atoms with Gasteiger partial charge in [0.25, 0.3) is 0 Å². The predicted octanol–water partition coefficient (Wildman–Crippen LogP) is 0.788. The van der Waals surface area contributed by atoms with Gasteiger partial charge in [-0.25, -0.2) is 0 Å². The SMILES string of the molecule is COc1cc(/C=N/NC(N)=S)ccc1OC(C)=O. The lowest BCUT2D eigenvalue weighted by Gasteiger charge is -2.08. The van der Waals surface area contributed by atoms with Crippen molar-refractivity contribution in [1.82, 2.24) is 5.43 Å². The maximum atomic E-state index is 10.9. The third kappa shape index (κ3) is 4.38. The van der Waals surface area contributed by atoms with Gasteiger partial charge < -0.3 is 15.2 Å². The second-order valence-electron chi connectivity index (χ2n) is 3.24. The molecule has 0 atom stereocenters. The minimum Gasteiger partial charge on any atom is -0.493 e. The van der Waals surface area contributed by atoms with Crippen molar-refractivity contribution < 1.29 is 14.3 Å². The van der Waals surface area contributed by atoms with Crippen LogP contribution in [-0.2, 0) is 4.79 Å². The van der Waals surface area contributed by atoms with Crippen molar-refractivity contribution in [2.75, 3.05) is 7.11 Å². The molecule has 6 nitrogen and oxygen atoms in total. The van der Waals surface area contributed by atoms with E-state index in [1.165, 1.54) is 20.2 Å². The first-order valence-corrected chi connectivity index (χ1v) is 5.38. The molecule has 0 aliphatic rings. The average Bonchev–Trinajstić information content (AvgIpc) is 2.29. The van der Waals surface area contributed by atoms with Crippen LogP contribution in [0.1, 0.15) is 12.5 Å². The number of ether oxygens (including phenoxy) is 2. The minimum absolute atomic E-state index is 0.0785. The maximum absolute atomic E-state index is 10.9. The first-order valence-electron chi connectivity index (χ1n) is 4.98. The van der Waals surface area contributed by atoms with E-state index >= 15 is 0 Å². The number of hydrogen-bond acceptors (Lipinski definition) is 5. The van der Waals surface area contributed by atoms with E-state index in [9.17, 15) is 4.79 Å². The van der Waals surface area contributed by atoms with Crippen LogP contribution in [0.3, 0.4) is 0 Å². The van der Waals surface area contributed by atoms with E-state index in [1.807, 2.05) is 0 Å². The third-order valence-corrected chi connectivity index (χ3v) is 1.92. The lowest BCUT2D eigenvalue weighted by molar-refractivity contribution is -0.132. The highest BCUT2D eigenvalue weighted by Crippen LogP contribution is 2.27. The summed E-state index contributed by atoms with van der Waals surface area (Å²) in [6, 6.07) is 5.00. The van der Waals surface area contributed by atoms with E-state index in [-0.39, 0.29) is 5.11 Å². The van der Waals surface area contributed by atoms with Gasteiger partial charge >= 0.3 is 5.97 Å². The Balaban J connectivity index is 2.87. The highest BCUT2D eigenvalue weighted by Gasteiger charge is 2.07. The standard InChI is InChI=1S/C11H13N3O3S/c1-7(15)17-9-4-3-8(5-10(9)16-2)6-13-14-11(12)18/h3-6H,1-2H3,(H3,12,14,18)/b13-6+. The molecule has 0 spiro atoms. The average molecular weight is 267 g/mol. The Morgan fingerprint density at radius 3 is 2.78 bits per heavy atom. The largest absolute Gasteiger partial charge is 0.493 e. The molecule has 0 amide bonds. The third-order valence-electron chi connectivity index (χ3n) is 1.83. The number of thiocarbonyl (C=S) groups is 1. The first kappa shape index (κ1) is 13.9. The molecule has 0 aromatic heterocycles. The summed E-state index contributed by atoms with van der Waals surface area (Å²) >= 11 is 4.60. The number of nitrogens with zero attached hydrogens (tertiary/aromatic N) is 1. The van der Waals surface area contributed by atoms with Crippen LogP contribution in [0.25, 0.3) is 0 Å². The number of nitrogens with one attached hydrogen (secondary N) is 1. The van der Waals surface area contributed by atoms with Crippen molar-refractivity contribution in [3.8, 4) is 11.5 Å². The van der Waals surface area contributed by atoms with Crippen LogP contribution >= 0.6 is 12.2 Å². The maximum Gasteiger partial charge on any atom is 0.308 e. The molecular formula is C11H13N3O3S. The molecule has 0 saturated heterocycles. The van der Waals surface area contributed by atoms with Crippen molar-refractivity contribution in [1.29, 1.82) is 0 Å². The fourth-order valence-corrected chi connectivity index (χ4v) is 1.23. The van der Waals surface area contributed by atoms with Gasteiger partial charge in [-0.05, 0) is 36.0 Å².